The van der Waals surface area contributed by atoms with Crippen molar-refractivity contribution < 1.29 is 19.2 Å². The van der Waals surface area contributed by atoms with Crippen LogP contribution in [0.4, 0.5) is 0 Å². The van der Waals surface area contributed by atoms with E-state index in [1.54, 1.807) is 25.1 Å². The third kappa shape index (κ3) is 3.74. The molecule has 0 spiro atoms. The van der Waals surface area contributed by atoms with E-state index < -0.39 is 17.2 Å². The van der Waals surface area contributed by atoms with Gasteiger partial charge in [-0.2, -0.15) is 5.10 Å². The van der Waals surface area contributed by atoms with Crippen molar-refractivity contribution in [1.29, 1.82) is 0 Å². The minimum atomic E-state index is -0.515. The average Bonchev–Trinajstić information content (AvgIpc) is 3.11. The number of rotatable bonds is 6. The minimum absolute atomic E-state index is 0.0808. The van der Waals surface area contributed by atoms with Crippen LogP contribution in [-0.4, -0.2) is 38.0 Å². The lowest BCUT2D eigenvalue weighted by Crippen LogP contribution is -2.46. The number of hydrogen-bond donors (Lipinski definition) is 3. The molecule has 11 heteroatoms. The number of aromatic nitrogens is 4. The topological polar surface area (TPSA) is 135 Å². The Bertz CT molecular complexity index is 1220. The van der Waals surface area contributed by atoms with Gasteiger partial charge >= 0.3 is 11.2 Å². The molecule has 0 atom stereocenters. The monoisotopic (exact) mass is 401 g/mol. The molecule has 3 rings (SSSR count). The largest absolute Gasteiger partial charge is 0.504 e. The maximum Gasteiger partial charge on any atom is 0.333 e. The quantitative estimate of drug-likeness (QED) is 0.280. The summed E-state index contributed by atoms with van der Waals surface area (Å²) in [7, 11) is 2.90. The first-order valence-corrected chi connectivity index (χ1v) is 8.78. The molecular formula is C18H21N6O5+. The van der Waals surface area contributed by atoms with E-state index in [2.05, 4.69) is 15.5 Å². The van der Waals surface area contributed by atoms with Crippen LogP contribution in [0.25, 0.3) is 11.2 Å². The number of hydrogen-bond acceptors (Lipinski definition) is 6. The molecule has 152 valence electrons. The lowest BCUT2D eigenvalue weighted by Gasteiger charge is -2.07. The van der Waals surface area contributed by atoms with E-state index in [9.17, 15) is 19.5 Å². The molecule has 2 aromatic heterocycles. The average molecular weight is 401 g/mol. The normalized spacial score (nSPS) is 11.3. The van der Waals surface area contributed by atoms with Crippen LogP contribution >= 0.6 is 0 Å². The Balaban J connectivity index is 1.77. The zero-order valence-corrected chi connectivity index (χ0v) is 16.2. The highest BCUT2D eigenvalue weighted by Gasteiger charge is 2.21. The summed E-state index contributed by atoms with van der Waals surface area (Å²) in [5, 5.41) is 13.9. The van der Waals surface area contributed by atoms with Crippen molar-refractivity contribution in [3.63, 3.8) is 0 Å². The smallest absolute Gasteiger partial charge is 0.333 e. The molecule has 3 aromatic rings. The first-order chi connectivity index (χ1) is 13.8. The summed E-state index contributed by atoms with van der Waals surface area (Å²) < 4.78 is 8.95. The SMILES string of the molecule is CCOc1cccc(/C=N/NC(=O)C[n+]2c[nH]c3c2c(=O)n(C)c(=O)n3C)c1O. The van der Waals surface area contributed by atoms with E-state index in [4.69, 9.17) is 4.74 Å². The van der Waals surface area contributed by atoms with Crippen molar-refractivity contribution in [3.05, 3.63) is 50.9 Å². The third-order valence-corrected chi connectivity index (χ3v) is 4.32. The van der Waals surface area contributed by atoms with Crippen LogP contribution in [0.15, 0.2) is 39.2 Å². The number of imidazole rings is 1. The van der Waals surface area contributed by atoms with Gasteiger partial charge < -0.3 is 9.84 Å². The molecular weight excluding hydrogens is 380 g/mol. The number of fused-ring (bicyclic) bond motifs is 1. The summed E-state index contributed by atoms with van der Waals surface area (Å²) in [5.74, 6) is -0.259. The number of ether oxygens (including phenoxy) is 1. The van der Waals surface area contributed by atoms with Gasteiger partial charge in [0.15, 0.2) is 18.0 Å². The van der Waals surface area contributed by atoms with Crippen molar-refractivity contribution in [2.45, 2.75) is 13.5 Å². The van der Waals surface area contributed by atoms with Crippen molar-refractivity contribution in [2.75, 3.05) is 6.61 Å². The molecule has 1 aromatic carbocycles. The maximum absolute atomic E-state index is 12.4. The molecule has 11 nitrogen and oxygen atoms in total. The van der Waals surface area contributed by atoms with Crippen LogP contribution in [0.1, 0.15) is 12.5 Å². The second-order valence-corrected chi connectivity index (χ2v) is 6.22. The fourth-order valence-electron chi connectivity index (χ4n) is 2.86. The predicted molar refractivity (Wildman–Crippen MR) is 104 cm³/mol. The second-order valence-electron chi connectivity index (χ2n) is 6.22. The van der Waals surface area contributed by atoms with Gasteiger partial charge in [0, 0.05) is 19.7 Å². The molecule has 1 amide bonds. The van der Waals surface area contributed by atoms with Gasteiger partial charge in [0.1, 0.15) is 0 Å². The number of para-hydroxylation sites is 1. The number of phenols is 1. The lowest BCUT2D eigenvalue weighted by atomic mass is 10.2. The Labute approximate surface area is 164 Å². The number of aromatic amines is 1. The number of aromatic hydroxyl groups is 1. The van der Waals surface area contributed by atoms with E-state index in [1.807, 2.05) is 0 Å². The van der Waals surface area contributed by atoms with Crippen LogP contribution in [0.3, 0.4) is 0 Å². The fraction of sp³-hybridized carbons (Fsp3) is 0.278. The second kappa shape index (κ2) is 8.00. The Morgan fingerprint density at radius 1 is 1.34 bits per heavy atom. The van der Waals surface area contributed by atoms with Crippen LogP contribution in [0.2, 0.25) is 0 Å². The molecule has 0 saturated heterocycles. The highest BCUT2D eigenvalue weighted by atomic mass is 16.5. The van der Waals surface area contributed by atoms with Gasteiger partial charge in [-0.1, -0.05) is 6.07 Å². The number of amides is 1. The summed E-state index contributed by atoms with van der Waals surface area (Å²) in [4.78, 5) is 39.4. The van der Waals surface area contributed by atoms with Gasteiger partial charge in [0.05, 0.1) is 12.8 Å². The Morgan fingerprint density at radius 2 is 2.10 bits per heavy atom. The Hall–Kier alpha value is -3.89. The molecule has 0 saturated carbocycles. The summed E-state index contributed by atoms with van der Waals surface area (Å²) in [6.45, 7) is 2.00. The van der Waals surface area contributed by atoms with E-state index in [0.717, 1.165) is 4.57 Å². The molecule has 0 aliphatic rings. The number of nitrogens with zero attached hydrogens (tertiary/aromatic N) is 4. The predicted octanol–water partition coefficient (Wildman–Crippen LogP) is -0.893. The molecule has 0 bridgehead atoms. The van der Waals surface area contributed by atoms with E-state index in [1.165, 1.54) is 35.8 Å². The molecule has 0 aliphatic carbocycles. The first kappa shape index (κ1) is 19.9. The maximum atomic E-state index is 12.4. The van der Waals surface area contributed by atoms with Gasteiger partial charge in [-0.15, -0.1) is 0 Å². The molecule has 0 unspecified atom stereocenters. The molecule has 3 N–H and O–H groups in total. The van der Waals surface area contributed by atoms with E-state index in [0.29, 0.717) is 23.6 Å². The van der Waals surface area contributed by atoms with Crippen molar-refractivity contribution >= 4 is 23.3 Å². The number of benzene rings is 1. The summed E-state index contributed by atoms with van der Waals surface area (Å²) in [6.07, 6.45) is 2.73. The van der Waals surface area contributed by atoms with Crippen molar-refractivity contribution in [1.82, 2.24) is 19.5 Å². The van der Waals surface area contributed by atoms with Crippen molar-refractivity contribution in [2.24, 2.45) is 19.2 Å². The van der Waals surface area contributed by atoms with Gasteiger partial charge in [-0.05, 0) is 19.1 Å². The van der Waals surface area contributed by atoms with E-state index >= 15 is 0 Å². The van der Waals surface area contributed by atoms with Gasteiger partial charge in [0.2, 0.25) is 6.33 Å². The number of phenolic OH excluding ortho intramolecular Hbond substituents is 1. The van der Waals surface area contributed by atoms with Crippen molar-refractivity contribution in [3.8, 4) is 11.5 Å². The zero-order chi connectivity index (χ0) is 21.1. The Morgan fingerprint density at radius 3 is 2.83 bits per heavy atom. The number of carbonyl (C=O) groups excluding carboxylic acids is 1. The summed E-state index contributed by atoms with van der Waals surface area (Å²) in [5.41, 5.74) is 2.23. The number of H-pyrrole nitrogens is 1. The number of hydrazone groups is 1. The molecule has 0 radical (unpaired) electrons. The van der Waals surface area contributed by atoms with Crippen LogP contribution in [-0.2, 0) is 25.4 Å². The van der Waals surface area contributed by atoms with Crippen LogP contribution in [0, 0.1) is 0 Å². The molecule has 29 heavy (non-hydrogen) atoms. The van der Waals surface area contributed by atoms with Crippen LogP contribution in [0.5, 0.6) is 11.5 Å². The number of nitrogens with one attached hydrogen (secondary N) is 2. The molecule has 2 heterocycles. The minimum Gasteiger partial charge on any atom is -0.504 e. The molecule has 0 aliphatic heterocycles. The highest BCUT2D eigenvalue weighted by Crippen LogP contribution is 2.28. The number of aryl methyl sites for hydroxylation is 1. The highest BCUT2D eigenvalue weighted by molar-refractivity contribution is 5.86. The summed E-state index contributed by atoms with van der Waals surface area (Å²) in [6, 6.07) is 4.93. The van der Waals surface area contributed by atoms with Crippen LogP contribution < -0.4 is 26.0 Å². The summed E-state index contributed by atoms with van der Waals surface area (Å²) >= 11 is 0. The Kier molecular flexibility index (Phi) is 5.48. The van der Waals surface area contributed by atoms with Gasteiger partial charge in [-0.25, -0.2) is 19.8 Å². The fourth-order valence-corrected chi connectivity index (χ4v) is 2.86. The van der Waals surface area contributed by atoms with E-state index in [-0.39, 0.29) is 17.8 Å². The standard InChI is InChI=1S/C18H20N6O5/c1-4-29-12-7-5-6-11(15(12)26)8-20-21-13(25)9-24-10-19-16-14(24)17(27)23(3)18(28)22(16)2/h5-8,10H,4,9H2,1-3H3,(H2,20,21,25,26)/p+1. The van der Waals surface area contributed by atoms with Gasteiger partial charge in [-0.3, -0.25) is 18.7 Å². The van der Waals surface area contributed by atoms with Gasteiger partial charge in [0.25, 0.3) is 17.1 Å². The first-order valence-electron chi connectivity index (χ1n) is 8.78. The molecule has 0 fully saturated rings. The third-order valence-electron chi connectivity index (χ3n) is 4.32. The zero-order valence-electron chi connectivity index (χ0n) is 16.2. The lowest BCUT2D eigenvalue weighted by molar-refractivity contribution is -0.659. The number of carbonyl (C=O) groups is 1.